The van der Waals surface area contributed by atoms with Crippen LogP contribution in [0.15, 0.2) is 67.0 Å². The number of rotatable bonds is 7. The van der Waals surface area contributed by atoms with Gasteiger partial charge in [-0.2, -0.15) is 0 Å². The van der Waals surface area contributed by atoms with Gasteiger partial charge in [0.25, 0.3) is 0 Å². The zero-order valence-electron chi connectivity index (χ0n) is 16.3. The van der Waals surface area contributed by atoms with Crippen LogP contribution >= 0.6 is 0 Å². The van der Waals surface area contributed by atoms with Crippen molar-refractivity contribution in [1.29, 1.82) is 0 Å². The molecule has 0 fully saturated rings. The number of ether oxygens (including phenoxy) is 2. The van der Waals surface area contributed by atoms with Crippen molar-refractivity contribution in [2.24, 2.45) is 0 Å². The number of carbonyl (C=O) groups excluding carboxylic acids is 1. The number of benzene rings is 2. The Labute approximate surface area is 179 Å². The number of fused-ring (bicyclic) bond motifs is 1. The molecule has 0 amide bonds. The summed E-state index contributed by atoms with van der Waals surface area (Å²) in [5.41, 5.74) is 1.54. The van der Waals surface area contributed by atoms with Gasteiger partial charge in [-0.25, -0.2) is 9.97 Å². The molecule has 0 aliphatic carbocycles. The lowest BCUT2D eigenvalue weighted by molar-refractivity contribution is -0.274. The lowest BCUT2D eigenvalue weighted by atomic mass is 10.2. The van der Waals surface area contributed by atoms with Crippen LogP contribution in [0, 0.1) is 0 Å². The number of hydrogen-bond acceptors (Lipinski definition) is 7. The summed E-state index contributed by atoms with van der Waals surface area (Å²) >= 11 is 0. The molecule has 7 nitrogen and oxygen atoms in total. The number of alkyl halides is 3. The van der Waals surface area contributed by atoms with Crippen LogP contribution in [0.5, 0.6) is 11.5 Å². The van der Waals surface area contributed by atoms with Crippen molar-refractivity contribution in [2.45, 2.75) is 6.36 Å². The Bertz CT molecular complexity index is 1250. The van der Waals surface area contributed by atoms with Crippen LogP contribution in [0.3, 0.4) is 0 Å². The highest BCUT2D eigenvalue weighted by atomic mass is 19.4. The number of pyridine rings is 1. The lowest BCUT2D eigenvalue weighted by Gasteiger charge is -2.14. The molecular weight excluding hydrogens is 425 g/mol. The number of anilines is 2. The zero-order valence-corrected chi connectivity index (χ0v) is 16.3. The second-order valence-corrected chi connectivity index (χ2v) is 6.49. The van der Waals surface area contributed by atoms with E-state index in [1.807, 2.05) is 0 Å². The summed E-state index contributed by atoms with van der Waals surface area (Å²) in [5, 5.41) is 3.57. The largest absolute Gasteiger partial charge is 0.573 e. The summed E-state index contributed by atoms with van der Waals surface area (Å²) in [6.45, 7) is -0.125. The monoisotopic (exact) mass is 440 g/mol. The molecule has 0 unspecified atom stereocenters. The summed E-state index contributed by atoms with van der Waals surface area (Å²) in [4.78, 5) is 23.8. The lowest BCUT2D eigenvalue weighted by Crippen LogP contribution is -2.17. The molecule has 0 saturated carbocycles. The van der Waals surface area contributed by atoms with Gasteiger partial charge in [0.05, 0.1) is 5.52 Å². The molecule has 0 aliphatic rings. The molecular formula is C22H15F3N4O3. The van der Waals surface area contributed by atoms with E-state index in [-0.39, 0.29) is 12.4 Å². The van der Waals surface area contributed by atoms with Crippen molar-refractivity contribution in [3.05, 3.63) is 67.0 Å². The molecule has 4 rings (SSSR count). The highest BCUT2D eigenvalue weighted by Gasteiger charge is 2.31. The minimum atomic E-state index is -4.81. The second kappa shape index (κ2) is 8.88. The van der Waals surface area contributed by atoms with Crippen LogP contribution in [0.2, 0.25) is 0 Å². The van der Waals surface area contributed by atoms with Crippen LogP contribution in [-0.4, -0.2) is 34.2 Å². The topological polar surface area (TPSA) is 86.2 Å². The highest BCUT2D eigenvalue weighted by Crippen LogP contribution is 2.31. The molecule has 1 N–H and O–H groups in total. The van der Waals surface area contributed by atoms with E-state index in [9.17, 15) is 18.0 Å². The van der Waals surface area contributed by atoms with Gasteiger partial charge in [0, 0.05) is 35.1 Å². The molecule has 162 valence electrons. The Morgan fingerprint density at radius 1 is 1.00 bits per heavy atom. The zero-order chi connectivity index (χ0) is 22.6. The van der Waals surface area contributed by atoms with Crippen molar-refractivity contribution in [3.8, 4) is 22.9 Å². The normalized spacial score (nSPS) is 11.2. The van der Waals surface area contributed by atoms with E-state index in [0.717, 1.165) is 0 Å². The Morgan fingerprint density at radius 2 is 1.88 bits per heavy atom. The van der Waals surface area contributed by atoms with E-state index in [2.05, 4.69) is 25.0 Å². The molecule has 2 heterocycles. The molecule has 32 heavy (non-hydrogen) atoms. The molecule has 2 aromatic heterocycles. The fourth-order valence-electron chi connectivity index (χ4n) is 2.95. The summed E-state index contributed by atoms with van der Waals surface area (Å²) in [6, 6.07) is 13.9. The summed E-state index contributed by atoms with van der Waals surface area (Å²) in [6.07, 6.45) is -0.965. The Morgan fingerprint density at radius 3 is 2.62 bits per heavy atom. The fourth-order valence-corrected chi connectivity index (χ4v) is 2.95. The standard InChI is InChI=1S/C22H15F3N4O3/c23-22(24,25)32-17-5-1-4-15(11-17)27-21-18-12-16(31-10-9-30)6-7-19(18)28-20(29-21)14-3-2-8-26-13-14/h1-9,11-13H,10H2,(H,27,28,29). The van der Waals surface area contributed by atoms with Crippen molar-refractivity contribution in [2.75, 3.05) is 11.9 Å². The average Bonchev–Trinajstić information content (AvgIpc) is 2.77. The van der Waals surface area contributed by atoms with Crippen molar-refractivity contribution in [3.63, 3.8) is 0 Å². The molecule has 0 aliphatic heterocycles. The SMILES string of the molecule is O=CCOc1ccc2nc(-c3cccnc3)nc(Nc3cccc(OC(F)(F)F)c3)c2c1. The average molecular weight is 440 g/mol. The van der Waals surface area contributed by atoms with E-state index in [4.69, 9.17) is 4.74 Å². The molecule has 0 spiro atoms. The molecule has 0 saturated heterocycles. The van der Waals surface area contributed by atoms with Crippen molar-refractivity contribution in [1.82, 2.24) is 15.0 Å². The molecule has 4 aromatic rings. The minimum absolute atomic E-state index is 0.125. The number of nitrogens with one attached hydrogen (secondary N) is 1. The van der Waals surface area contributed by atoms with Crippen LogP contribution in [0.4, 0.5) is 24.7 Å². The maximum atomic E-state index is 12.6. The Kier molecular flexibility index (Phi) is 5.84. The maximum Gasteiger partial charge on any atom is 0.573 e. The van der Waals surface area contributed by atoms with Gasteiger partial charge in [0.2, 0.25) is 0 Å². The first-order chi connectivity index (χ1) is 15.4. The van der Waals surface area contributed by atoms with Gasteiger partial charge in [-0.3, -0.25) is 9.78 Å². The van der Waals surface area contributed by atoms with Gasteiger partial charge >= 0.3 is 6.36 Å². The number of aldehydes is 1. The first kappa shape index (κ1) is 21.0. The van der Waals surface area contributed by atoms with Gasteiger partial charge in [-0.05, 0) is 42.5 Å². The van der Waals surface area contributed by atoms with Crippen molar-refractivity contribution >= 4 is 28.7 Å². The smallest absolute Gasteiger partial charge is 0.486 e. The quantitative estimate of drug-likeness (QED) is 0.409. The molecule has 0 radical (unpaired) electrons. The van der Waals surface area contributed by atoms with Crippen molar-refractivity contribution < 1.29 is 27.4 Å². The second-order valence-electron chi connectivity index (χ2n) is 6.49. The van der Waals surface area contributed by atoms with Crippen LogP contribution in [-0.2, 0) is 4.79 Å². The summed E-state index contributed by atoms with van der Waals surface area (Å²) in [7, 11) is 0. The molecule has 10 heteroatoms. The highest BCUT2D eigenvalue weighted by molar-refractivity contribution is 5.93. The number of aromatic nitrogens is 3. The molecule has 0 atom stereocenters. The number of nitrogens with zero attached hydrogens (tertiary/aromatic N) is 3. The third kappa shape index (κ3) is 5.09. The fraction of sp³-hybridized carbons (Fsp3) is 0.0909. The Hall–Kier alpha value is -4.21. The number of hydrogen-bond donors (Lipinski definition) is 1. The molecule has 0 bridgehead atoms. The predicted octanol–water partition coefficient (Wildman–Crippen LogP) is 4.91. The van der Waals surface area contributed by atoms with E-state index >= 15 is 0 Å². The van der Waals surface area contributed by atoms with Gasteiger partial charge in [-0.1, -0.05) is 6.07 Å². The van der Waals surface area contributed by atoms with Gasteiger partial charge in [0.1, 0.15) is 23.9 Å². The predicted molar refractivity (Wildman–Crippen MR) is 111 cm³/mol. The first-order valence-corrected chi connectivity index (χ1v) is 9.33. The number of halogens is 3. The van der Waals surface area contributed by atoms with Crippen LogP contribution in [0.1, 0.15) is 0 Å². The van der Waals surface area contributed by atoms with Gasteiger partial charge in [-0.15, -0.1) is 13.2 Å². The molecule has 2 aromatic carbocycles. The third-order valence-corrected chi connectivity index (χ3v) is 4.24. The summed E-state index contributed by atoms with van der Waals surface area (Å²) < 4.78 is 47.1. The van der Waals surface area contributed by atoms with Crippen LogP contribution < -0.4 is 14.8 Å². The number of carbonyl (C=O) groups is 1. The maximum absolute atomic E-state index is 12.6. The minimum Gasteiger partial charge on any atom is -0.486 e. The van der Waals surface area contributed by atoms with E-state index in [0.29, 0.717) is 45.8 Å². The summed E-state index contributed by atoms with van der Waals surface area (Å²) in [5.74, 6) is 0.745. The van der Waals surface area contributed by atoms with E-state index in [1.165, 1.54) is 18.2 Å². The Balaban J connectivity index is 1.78. The van der Waals surface area contributed by atoms with E-state index < -0.39 is 6.36 Å². The van der Waals surface area contributed by atoms with Gasteiger partial charge in [0.15, 0.2) is 12.1 Å². The van der Waals surface area contributed by atoms with E-state index in [1.54, 1.807) is 48.8 Å². The third-order valence-electron chi connectivity index (χ3n) is 4.24. The first-order valence-electron chi connectivity index (χ1n) is 9.33. The van der Waals surface area contributed by atoms with Gasteiger partial charge < -0.3 is 14.8 Å². The van der Waals surface area contributed by atoms with Crippen LogP contribution in [0.25, 0.3) is 22.3 Å².